The lowest BCUT2D eigenvalue weighted by molar-refractivity contribution is -0.136. The van der Waals surface area contributed by atoms with Crippen molar-refractivity contribution >= 4 is 5.91 Å². The molecule has 2 aliphatic heterocycles. The first-order valence-corrected chi connectivity index (χ1v) is 9.66. The summed E-state index contributed by atoms with van der Waals surface area (Å²) in [4.78, 5) is 17.4. The van der Waals surface area contributed by atoms with Gasteiger partial charge >= 0.3 is 0 Å². The van der Waals surface area contributed by atoms with Crippen LogP contribution in [0, 0.1) is 19.8 Å². The number of likely N-dealkylation sites (tertiary alicyclic amines) is 2. The van der Waals surface area contributed by atoms with E-state index >= 15 is 0 Å². The highest BCUT2D eigenvalue weighted by molar-refractivity contribution is 5.79. The second-order valence-electron chi connectivity index (χ2n) is 7.73. The van der Waals surface area contributed by atoms with Crippen LogP contribution >= 0.6 is 0 Å². The van der Waals surface area contributed by atoms with Gasteiger partial charge in [-0.05, 0) is 64.4 Å². The van der Waals surface area contributed by atoms with Gasteiger partial charge in [-0.3, -0.25) is 14.4 Å². The molecule has 0 aliphatic carbocycles. The monoisotopic (exact) mass is 356 g/mol. The third kappa shape index (κ3) is 3.56. The van der Waals surface area contributed by atoms with Gasteiger partial charge in [0.15, 0.2) is 0 Å². The van der Waals surface area contributed by atoms with Gasteiger partial charge in [-0.25, -0.2) is 0 Å². The van der Waals surface area contributed by atoms with Crippen molar-refractivity contribution in [1.82, 2.24) is 19.6 Å². The first kappa shape index (κ1) is 17.3. The summed E-state index contributed by atoms with van der Waals surface area (Å²) in [6.45, 7) is 8.55. The molecular weight excluding hydrogens is 328 g/mol. The summed E-state index contributed by atoms with van der Waals surface area (Å²) < 4.78 is 7.54. The summed E-state index contributed by atoms with van der Waals surface area (Å²) >= 11 is 0. The maximum absolute atomic E-state index is 13.0. The Kier molecular flexibility index (Phi) is 4.85. The second kappa shape index (κ2) is 7.27. The van der Waals surface area contributed by atoms with Gasteiger partial charge in [-0.1, -0.05) is 0 Å². The van der Waals surface area contributed by atoms with Gasteiger partial charge in [0.25, 0.3) is 0 Å². The van der Waals surface area contributed by atoms with E-state index in [0.29, 0.717) is 11.9 Å². The van der Waals surface area contributed by atoms with Gasteiger partial charge < -0.3 is 9.32 Å². The number of hydrogen-bond acceptors (Lipinski definition) is 4. The molecule has 0 saturated carbocycles. The van der Waals surface area contributed by atoms with E-state index < -0.39 is 0 Å². The molecule has 2 saturated heterocycles. The molecule has 0 aromatic carbocycles. The minimum Gasteiger partial charge on any atom is -0.468 e. The van der Waals surface area contributed by atoms with Gasteiger partial charge in [0.05, 0.1) is 24.5 Å². The molecule has 4 rings (SSSR count). The zero-order chi connectivity index (χ0) is 18.1. The summed E-state index contributed by atoms with van der Waals surface area (Å²) in [5.74, 6) is 1.51. The molecular formula is C20H28N4O2. The van der Waals surface area contributed by atoms with Crippen LogP contribution in [0.15, 0.2) is 28.9 Å². The van der Waals surface area contributed by atoms with E-state index in [2.05, 4.69) is 32.6 Å². The number of carbonyl (C=O) groups is 1. The molecule has 2 aliphatic rings. The van der Waals surface area contributed by atoms with Crippen molar-refractivity contribution < 1.29 is 9.21 Å². The van der Waals surface area contributed by atoms with Crippen LogP contribution in [0.4, 0.5) is 0 Å². The molecule has 0 unspecified atom stereocenters. The molecule has 4 heterocycles. The third-order valence-electron chi connectivity index (χ3n) is 5.76. The molecule has 2 fully saturated rings. The molecule has 2 aromatic heterocycles. The maximum atomic E-state index is 13.0. The summed E-state index contributed by atoms with van der Waals surface area (Å²) in [5, 5.41) is 4.61. The number of hydrogen-bond donors (Lipinski definition) is 0. The molecule has 1 atom stereocenters. The van der Waals surface area contributed by atoms with E-state index in [1.54, 1.807) is 6.26 Å². The van der Waals surface area contributed by atoms with Crippen LogP contribution in [0.2, 0.25) is 0 Å². The normalized spacial score (nSPS) is 22.2. The van der Waals surface area contributed by atoms with Gasteiger partial charge in [0.1, 0.15) is 5.76 Å². The van der Waals surface area contributed by atoms with Crippen molar-refractivity contribution in [3.8, 4) is 0 Å². The SMILES string of the molecule is Cc1cc(C)n([C@@H]2CCN(C(=O)C3CCN(Cc4ccco4)CC3)C2)n1. The molecule has 0 spiro atoms. The van der Waals surface area contributed by atoms with Crippen LogP contribution in [0.3, 0.4) is 0 Å². The first-order valence-electron chi connectivity index (χ1n) is 9.66. The number of rotatable bonds is 4. The van der Waals surface area contributed by atoms with Crippen LogP contribution in [0.25, 0.3) is 0 Å². The Bertz CT molecular complexity index is 744. The maximum Gasteiger partial charge on any atom is 0.225 e. The Morgan fingerprint density at radius 2 is 2.04 bits per heavy atom. The average Bonchev–Trinajstić information content (AvgIpc) is 3.36. The number of amides is 1. The average molecular weight is 356 g/mol. The standard InChI is InChI=1S/C20H28N4O2/c1-15-12-16(2)24(21-15)18-7-10-23(13-18)20(25)17-5-8-22(9-6-17)14-19-4-3-11-26-19/h3-4,11-12,17-18H,5-10,13-14H2,1-2H3/t18-/m1/s1. The van der Waals surface area contributed by atoms with Crippen LogP contribution in [0.1, 0.15) is 42.5 Å². The zero-order valence-corrected chi connectivity index (χ0v) is 15.7. The molecule has 6 heteroatoms. The Labute approximate surface area is 154 Å². The molecule has 140 valence electrons. The lowest BCUT2D eigenvalue weighted by Gasteiger charge is -2.32. The summed E-state index contributed by atoms with van der Waals surface area (Å²) in [6.07, 6.45) is 4.62. The molecule has 6 nitrogen and oxygen atoms in total. The minimum absolute atomic E-state index is 0.169. The lowest BCUT2D eigenvalue weighted by Crippen LogP contribution is -2.41. The van der Waals surface area contributed by atoms with Crippen LogP contribution in [-0.2, 0) is 11.3 Å². The van der Waals surface area contributed by atoms with Crippen LogP contribution in [0.5, 0.6) is 0 Å². The first-order chi connectivity index (χ1) is 12.6. The highest BCUT2D eigenvalue weighted by Gasteiger charge is 2.34. The van der Waals surface area contributed by atoms with Crippen molar-refractivity contribution in [2.24, 2.45) is 5.92 Å². The predicted octanol–water partition coefficient (Wildman–Crippen LogP) is 2.78. The quantitative estimate of drug-likeness (QED) is 0.845. The van der Waals surface area contributed by atoms with Crippen molar-refractivity contribution in [2.75, 3.05) is 26.2 Å². The molecule has 0 N–H and O–H groups in total. The van der Waals surface area contributed by atoms with Crippen LogP contribution < -0.4 is 0 Å². The topological polar surface area (TPSA) is 54.5 Å². The van der Waals surface area contributed by atoms with Gasteiger partial charge in [0.2, 0.25) is 5.91 Å². The summed E-state index contributed by atoms with van der Waals surface area (Å²) in [7, 11) is 0. The highest BCUT2D eigenvalue weighted by Crippen LogP contribution is 2.27. The molecule has 1 amide bonds. The fourth-order valence-corrected chi connectivity index (χ4v) is 4.38. The summed E-state index contributed by atoms with van der Waals surface area (Å²) in [6, 6.07) is 6.38. The number of aryl methyl sites for hydroxylation is 2. The minimum atomic E-state index is 0.169. The second-order valence-corrected chi connectivity index (χ2v) is 7.73. The molecule has 2 aromatic rings. The molecule has 26 heavy (non-hydrogen) atoms. The van der Waals surface area contributed by atoms with E-state index in [1.165, 1.54) is 5.69 Å². The lowest BCUT2D eigenvalue weighted by atomic mass is 9.95. The van der Waals surface area contributed by atoms with E-state index in [9.17, 15) is 4.79 Å². The van der Waals surface area contributed by atoms with E-state index in [0.717, 1.165) is 63.4 Å². The predicted molar refractivity (Wildman–Crippen MR) is 98.6 cm³/mol. The van der Waals surface area contributed by atoms with E-state index in [-0.39, 0.29) is 5.92 Å². The van der Waals surface area contributed by atoms with Crippen molar-refractivity contribution in [3.05, 3.63) is 41.6 Å². The van der Waals surface area contributed by atoms with Crippen molar-refractivity contribution in [3.63, 3.8) is 0 Å². The number of furan rings is 1. The number of carbonyl (C=O) groups excluding carboxylic acids is 1. The number of piperidine rings is 1. The van der Waals surface area contributed by atoms with E-state index in [1.807, 2.05) is 19.1 Å². The van der Waals surface area contributed by atoms with Gasteiger partial charge in [-0.15, -0.1) is 0 Å². The van der Waals surface area contributed by atoms with Crippen LogP contribution in [-0.4, -0.2) is 51.7 Å². The summed E-state index contributed by atoms with van der Waals surface area (Å²) in [5.41, 5.74) is 2.24. The van der Waals surface area contributed by atoms with Crippen molar-refractivity contribution in [1.29, 1.82) is 0 Å². The Hall–Kier alpha value is -2.08. The van der Waals surface area contributed by atoms with Crippen molar-refractivity contribution in [2.45, 2.75) is 45.7 Å². The van der Waals surface area contributed by atoms with Gasteiger partial charge in [0, 0.05) is 24.7 Å². The smallest absolute Gasteiger partial charge is 0.225 e. The Balaban J connectivity index is 1.29. The molecule has 0 radical (unpaired) electrons. The third-order valence-corrected chi connectivity index (χ3v) is 5.76. The fourth-order valence-electron chi connectivity index (χ4n) is 4.38. The fraction of sp³-hybridized carbons (Fsp3) is 0.600. The Morgan fingerprint density at radius 3 is 2.69 bits per heavy atom. The van der Waals surface area contributed by atoms with E-state index in [4.69, 9.17) is 4.42 Å². The number of aromatic nitrogens is 2. The highest BCUT2D eigenvalue weighted by atomic mass is 16.3. The Morgan fingerprint density at radius 1 is 1.23 bits per heavy atom. The largest absolute Gasteiger partial charge is 0.468 e. The zero-order valence-electron chi connectivity index (χ0n) is 15.7. The molecule has 0 bridgehead atoms. The number of nitrogens with zero attached hydrogens (tertiary/aromatic N) is 4. The van der Waals surface area contributed by atoms with Gasteiger partial charge in [-0.2, -0.15) is 5.10 Å².